The third kappa shape index (κ3) is 2.45. The molecule has 1 unspecified atom stereocenters. The Balaban J connectivity index is 2.35. The van der Waals surface area contributed by atoms with Crippen LogP contribution in [0.25, 0.3) is 0 Å². The average Bonchev–Trinajstić information content (AvgIpc) is 2.53. The molecule has 0 spiro atoms. The van der Waals surface area contributed by atoms with Gasteiger partial charge >= 0.3 is 0 Å². The molecule has 1 aromatic rings. The Bertz CT molecular complexity index is 531. The van der Waals surface area contributed by atoms with E-state index in [0.717, 1.165) is 5.56 Å². The van der Waals surface area contributed by atoms with Gasteiger partial charge in [-0.05, 0) is 37.8 Å². The van der Waals surface area contributed by atoms with Gasteiger partial charge in [-0.3, -0.25) is 0 Å². The van der Waals surface area contributed by atoms with E-state index in [-0.39, 0.29) is 5.41 Å². The van der Waals surface area contributed by atoms with Crippen molar-refractivity contribution in [3.8, 4) is 0 Å². The molecule has 0 aliphatic carbocycles. The number of nitrogens with zero attached hydrogens (tertiary/aromatic N) is 1. The van der Waals surface area contributed by atoms with Gasteiger partial charge in [0.2, 0.25) is 10.0 Å². The molecular formula is C14H19NO2S. The molecule has 1 atom stereocenters. The van der Waals surface area contributed by atoms with E-state index >= 15 is 0 Å². The smallest absolute Gasteiger partial charge is 0.207 e. The van der Waals surface area contributed by atoms with Crippen LogP contribution in [0.1, 0.15) is 25.8 Å². The van der Waals surface area contributed by atoms with Crippen molar-refractivity contribution < 1.29 is 8.42 Å². The van der Waals surface area contributed by atoms with Crippen LogP contribution in [0.2, 0.25) is 0 Å². The second kappa shape index (κ2) is 4.35. The lowest BCUT2D eigenvalue weighted by Gasteiger charge is -2.21. The summed E-state index contributed by atoms with van der Waals surface area (Å²) in [5, 5.41) is 0. The van der Waals surface area contributed by atoms with Gasteiger partial charge in [0.1, 0.15) is 0 Å². The summed E-state index contributed by atoms with van der Waals surface area (Å²) in [7, 11) is -3.47. The molecule has 0 bridgehead atoms. The number of rotatable bonds is 2. The predicted octanol–water partition coefficient (Wildman–Crippen LogP) is 2.50. The Labute approximate surface area is 110 Å². The van der Waals surface area contributed by atoms with Crippen molar-refractivity contribution in [2.45, 2.75) is 38.1 Å². The van der Waals surface area contributed by atoms with Gasteiger partial charge < -0.3 is 0 Å². The van der Waals surface area contributed by atoms with Gasteiger partial charge in [-0.15, -0.1) is 0 Å². The van der Waals surface area contributed by atoms with Crippen molar-refractivity contribution in [1.82, 2.24) is 4.31 Å². The zero-order valence-electron chi connectivity index (χ0n) is 11.1. The van der Waals surface area contributed by atoms with E-state index in [9.17, 15) is 8.42 Å². The number of hydrogen-bond acceptors (Lipinski definition) is 2. The fourth-order valence-corrected chi connectivity index (χ4v) is 4.08. The Hall–Kier alpha value is -0.870. The highest BCUT2D eigenvalue weighted by Gasteiger charge is 2.41. The molecule has 18 heavy (non-hydrogen) atoms. The van der Waals surface area contributed by atoms with E-state index in [0.29, 0.717) is 17.9 Å². The Morgan fingerprint density at radius 3 is 2.28 bits per heavy atom. The Morgan fingerprint density at radius 1 is 1.28 bits per heavy atom. The number of benzene rings is 1. The second-order valence-electron chi connectivity index (χ2n) is 5.80. The van der Waals surface area contributed by atoms with Gasteiger partial charge in [0.25, 0.3) is 0 Å². The summed E-state index contributed by atoms with van der Waals surface area (Å²) in [6, 6.07) is 6.47. The van der Waals surface area contributed by atoms with Gasteiger partial charge in [0, 0.05) is 12.6 Å². The summed E-state index contributed by atoms with van der Waals surface area (Å²) >= 11 is 0. The minimum Gasteiger partial charge on any atom is -0.207 e. The highest BCUT2D eigenvalue weighted by molar-refractivity contribution is 7.89. The summed E-state index contributed by atoms with van der Waals surface area (Å²) in [6.45, 7) is 12.4. The van der Waals surface area contributed by atoms with Crippen molar-refractivity contribution >= 4 is 10.0 Å². The number of sulfonamides is 1. The molecule has 0 amide bonds. The summed E-state index contributed by atoms with van der Waals surface area (Å²) in [4.78, 5) is 0.321. The first-order chi connectivity index (χ1) is 8.22. The molecule has 2 rings (SSSR count). The van der Waals surface area contributed by atoms with Crippen LogP contribution in [0.4, 0.5) is 0 Å². The lowest BCUT2D eigenvalue weighted by molar-refractivity contribution is 0.373. The highest BCUT2D eigenvalue weighted by atomic mass is 32.2. The summed E-state index contributed by atoms with van der Waals surface area (Å²) < 4.78 is 26.4. The van der Waals surface area contributed by atoms with E-state index in [4.69, 9.17) is 6.92 Å². The molecule has 4 heteroatoms. The summed E-state index contributed by atoms with van der Waals surface area (Å²) in [5.74, 6) is 0. The lowest BCUT2D eigenvalue weighted by atomic mass is 9.91. The fourth-order valence-electron chi connectivity index (χ4n) is 2.38. The van der Waals surface area contributed by atoms with Crippen LogP contribution in [0.3, 0.4) is 0 Å². The van der Waals surface area contributed by atoms with E-state index in [1.165, 1.54) is 4.31 Å². The first kappa shape index (κ1) is 13.6. The standard InChI is InChI=1S/C14H19NO2S/c1-11-5-7-13(8-6-11)18(16,17)15-10-14(3,4)9-12(15)2/h2,5-8,12H,9-10H2,1,3-4H3. The topological polar surface area (TPSA) is 37.4 Å². The van der Waals surface area contributed by atoms with Crippen molar-refractivity contribution in [2.24, 2.45) is 5.41 Å². The third-order valence-electron chi connectivity index (χ3n) is 3.34. The van der Waals surface area contributed by atoms with Crippen LogP contribution in [-0.4, -0.2) is 25.3 Å². The zero-order valence-corrected chi connectivity index (χ0v) is 11.9. The maximum Gasteiger partial charge on any atom is 0.243 e. The first-order valence-corrected chi connectivity index (χ1v) is 7.50. The zero-order chi connectivity index (χ0) is 13.6. The number of aryl methyl sites for hydroxylation is 1. The molecular weight excluding hydrogens is 246 g/mol. The molecule has 1 aliphatic heterocycles. The van der Waals surface area contributed by atoms with E-state index in [1.54, 1.807) is 24.3 Å². The normalized spacial score (nSPS) is 24.3. The maximum absolute atomic E-state index is 12.5. The summed E-state index contributed by atoms with van der Waals surface area (Å²) in [5.41, 5.74) is 0.983. The molecule has 0 saturated carbocycles. The van der Waals surface area contributed by atoms with Crippen LogP contribution in [-0.2, 0) is 10.0 Å². The van der Waals surface area contributed by atoms with Gasteiger partial charge in [-0.25, -0.2) is 8.42 Å². The Kier molecular flexibility index (Phi) is 3.28. The van der Waals surface area contributed by atoms with E-state index in [1.807, 2.05) is 20.8 Å². The van der Waals surface area contributed by atoms with Crippen LogP contribution in [0, 0.1) is 19.3 Å². The Morgan fingerprint density at radius 2 is 1.83 bits per heavy atom. The van der Waals surface area contributed by atoms with Crippen LogP contribution in [0.15, 0.2) is 29.2 Å². The first-order valence-electron chi connectivity index (χ1n) is 6.06. The SMILES string of the molecule is [CH]C1CC(C)(C)CN1S(=O)(=O)c1ccc(C)cc1. The minimum atomic E-state index is -3.47. The predicted molar refractivity (Wildman–Crippen MR) is 71.6 cm³/mol. The monoisotopic (exact) mass is 265 g/mol. The molecule has 1 heterocycles. The molecule has 1 fully saturated rings. The number of hydrogen-bond donors (Lipinski definition) is 0. The highest BCUT2D eigenvalue weighted by Crippen LogP contribution is 2.36. The maximum atomic E-state index is 12.5. The van der Waals surface area contributed by atoms with Crippen molar-refractivity contribution in [3.05, 3.63) is 36.8 Å². The van der Waals surface area contributed by atoms with Crippen LogP contribution in [0.5, 0.6) is 0 Å². The average molecular weight is 265 g/mol. The molecule has 2 radical (unpaired) electrons. The molecule has 1 aliphatic rings. The van der Waals surface area contributed by atoms with Gasteiger partial charge in [0.15, 0.2) is 0 Å². The van der Waals surface area contributed by atoms with Crippen LogP contribution < -0.4 is 0 Å². The van der Waals surface area contributed by atoms with Crippen molar-refractivity contribution in [1.29, 1.82) is 0 Å². The van der Waals surface area contributed by atoms with Gasteiger partial charge in [0.05, 0.1) is 4.90 Å². The van der Waals surface area contributed by atoms with Crippen molar-refractivity contribution in [2.75, 3.05) is 6.54 Å². The van der Waals surface area contributed by atoms with Gasteiger partial charge in [-0.1, -0.05) is 31.5 Å². The largest absolute Gasteiger partial charge is 0.243 e. The second-order valence-corrected chi connectivity index (χ2v) is 7.69. The molecule has 98 valence electrons. The molecule has 1 aromatic carbocycles. The van der Waals surface area contributed by atoms with E-state index in [2.05, 4.69) is 0 Å². The molecule has 0 aromatic heterocycles. The quantitative estimate of drug-likeness (QED) is 0.824. The van der Waals surface area contributed by atoms with E-state index < -0.39 is 16.1 Å². The molecule has 0 N–H and O–H groups in total. The summed E-state index contributed by atoms with van der Waals surface area (Å²) in [6.07, 6.45) is 0.693. The van der Waals surface area contributed by atoms with Gasteiger partial charge in [-0.2, -0.15) is 4.31 Å². The molecule has 1 saturated heterocycles. The minimum absolute atomic E-state index is 0.0583. The lowest BCUT2D eigenvalue weighted by Crippen LogP contribution is -2.34. The van der Waals surface area contributed by atoms with Crippen LogP contribution >= 0.6 is 0 Å². The third-order valence-corrected chi connectivity index (χ3v) is 5.23. The molecule has 3 nitrogen and oxygen atoms in total. The fraction of sp³-hybridized carbons (Fsp3) is 0.500. The van der Waals surface area contributed by atoms with Crippen molar-refractivity contribution in [3.63, 3.8) is 0 Å².